The zero-order chi connectivity index (χ0) is 15.9. The van der Waals surface area contributed by atoms with E-state index in [-0.39, 0.29) is 18.4 Å². The Bertz CT molecular complexity index is 366. The summed E-state index contributed by atoms with van der Waals surface area (Å²) in [6.45, 7) is 6.51. The smallest absolute Gasteiger partial charge is 0.326 e. The summed E-state index contributed by atoms with van der Waals surface area (Å²) in [5, 5.41) is 2.58. The van der Waals surface area contributed by atoms with Gasteiger partial charge in [0.2, 0.25) is 11.8 Å². The lowest BCUT2D eigenvalue weighted by Gasteiger charge is -2.25. The van der Waals surface area contributed by atoms with Crippen molar-refractivity contribution in [3.8, 4) is 0 Å². The monoisotopic (exact) mass is 304 g/mol. The van der Waals surface area contributed by atoms with E-state index in [0.717, 1.165) is 0 Å². The summed E-state index contributed by atoms with van der Waals surface area (Å²) in [4.78, 5) is 36.2. The minimum atomic E-state index is -0.630. The van der Waals surface area contributed by atoms with Crippen LogP contribution in [0.3, 0.4) is 0 Å². The van der Waals surface area contributed by atoms with Gasteiger partial charge in [-0.25, -0.2) is 0 Å². The number of likely N-dealkylation sites (N-methyl/N-ethyl adjacent to an activating group) is 1. The normalized spacial score (nSPS) is 12.5. The molecule has 0 aliphatic rings. The maximum atomic E-state index is 12.2. The fourth-order valence-electron chi connectivity index (χ4n) is 1.50. The molecule has 0 heterocycles. The Morgan fingerprint density at radius 2 is 1.85 bits per heavy atom. The SMILES string of the molecule is CSC[C@H](NC(C)=O)C(=O)N(C)CC(=O)OC(C)(C)C. The number of rotatable bonds is 6. The first-order valence-corrected chi connectivity index (χ1v) is 7.69. The third kappa shape index (κ3) is 8.04. The molecule has 7 heteroatoms. The molecule has 1 N–H and O–H groups in total. The summed E-state index contributed by atoms with van der Waals surface area (Å²) < 4.78 is 5.15. The molecule has 0 radical (unpaired) electrons. The zero-order valence-electron chi connectivity index (χ0n) is 13.0. The number of esters is 1. The highest BCUT2D eigenvalue weighted by atomic mass is 32.2. The van der Waals surface area contributed by atoms with E-state index in [1.807, 2.05) is 6.26 Å². The molecular weight excluding hydrogens is 280 g/mol. The van der Waals surface area contributed by atoms with Crippen LogP contribution < -0.4 is 5.32 Å². The van der Waals surface area contributed by atoms with E-state index in [1.165, 1.54) is 30.6 Å². The second-order valence-corrected chi connectivity index (χ2v) is 6.40. The number of hydrogen-bond donors (Lipinski definition) is 1. The van der Waals surface area contributed by atoms with Crippen molar-refractivity contribution in [1.29, 1.82) is 0 Å². The Balaban J connectivity index is 4.56. The molecule has 0 bridgehead atoms. The van der Waals surface area contributed by atoms with Crippen molar-refractivity contribution in [1.82, 2.24) is 10.2 Å². The van der Waals surface area contributed by atoms with Crippen LogP contribution in [0.25, 0.3) is 0 Å². The summed E-state index contributed by atoms with van der Waals surface area (Å²) >= 11 is 1.45. The summed E-state index contributed by atoms with van der Waals surface area (Å²) in [7, 11) is 1.52. The van der Waals surface area contributed by atoms with Crippen molar-refractivity contribution >= 4 is 29.5 Å². The molecule has 0 fully saturated rings. The van der Waals surface area contributed by atoms with Gasteiger partial charge in [0.05, 0.1) is 0 Å². The Hall–Kier alpha value is -1.24. The molecule has 0 rings (SSSR count). The van der Waals surface area contributed by atoms with E-state index >= 15 is 0 Å². The van der Waals surface area contributed by atoms with Crippen molar-refractivity contribution in [2.45, 2.75) is 39.3 Å². The molecule has 6 nitrogen and oxygen atoms in total. The van der Waals surface area contributed by atoms with Crippen LogP contribution in [0.4, 0.5) is 0 Å². The van der Waals surface area contributed by atoms with Gasteiger partial charge in [0.25, 0.3) is 0 Å². The lowest BCUT2D eigenvalue weighted by atomic mass is 10.2. The molecule has 2 amide bonds. The van der Waals surface area contributed by atoms with Crippen molar-refractivity contribution < 1.29 is 19.1 Å². The molecule has 0 aromatic rings. The van der Waals surface area contributed by atoms with Crippen molar-refractivity contribution in [3.05, 3.63) is 0 Å². The molecule has 0 saturated heterocycles. The number of ether oxygens (including phenoxy) is 1. The van der Waals surface area contributed by atoms with E-state index in [4.69, 9.17) is 4.74 Å². The van der Waals surface area contributed by atoms with E-state index in [9.17, 15) is 14.4 Å². The number of nitrogens with one attached hydrogen (secondary N) is 1. The predicted molar refractivity (Wildman–Crippen MR) is 79.5 cm³/mol. The number of nitrogens with zero attached hydrogens (tertiary/aromatic N) is 1. The molecule has 0 aromatic carbocycles. The fourth-order valence-corrected chi connectivity index (χ4v) is 2.06. The van der Waals surface area contributed by atoms with Gasteiger partial charge in [-0.3, -0.25) is 14.4 Å². The van der Waals surface area contributed by atoms with E-state index < -0.39 is 17.6 Å². The van der Waals surface area contributed by atoms with Crippen molar-refractivity contribution in [2.75, 3.05) is 25.6 Å². The van der Waals surface area contributed by atoms with Crippen molar-refractivity contribution in [2.24, 2.45) is 0 Å². The zero-order valence-corrected chi connectivity index (χ0v) is 13.8. The third-order valence-electron chi connectivity index (χ3n) is 2.17. The van der Waals surface area contributed by atoms with Gasteiger partial charge < -0.3 is 15.0 Å². The third-order valence-corrected chi connectivity index (χ3v) is 2.84. The van der Waals surface area contributed by atoms with Gasteiger partial charge in [-0.2, -0.15) is 11.8 Å². The molecule has 0 saturated carbocycles. The van der Waals surface area contributed by atoms with Crippen LogP contribution in [0, 0.1) is 0 Å². The number of carbonyl (C=O) groups excluding carboxylic acids is 3. The minimum Gasteiger partial charge on any atom is -0.459 e. The largest absolute Gasteiger partial charge is 0.459 e. The Morgan fingerprint density at radius 1 is 1.30 bits per heavy atom. The average molecular weight is 304 g/mol. The molecule has 0 aliphatic heterocycles. The standard InChI is InChI=1S/C13H24N2O4S/c1-9(16)14-10(8-20-6)12(18)15(5)7-11(17)19-13(2,3)4/h10H,7-8H2,1-6H3,(H,14,16)/t10-/m0/s1. The average Bonchev–Trinajstić information content (AvgIpc) is 2.23. The summed E-state index contributed by atoms with van der Waals surface area (Å²) in [6.07, 6.45) is 1.84. The molecular formula is C13H24N2O4S. The van der Waals surface area contributed by atoms with Gasteiger partial charge in [-0.1, -0.05) is 0 Å². The van der Waals surface area contributed by atoms with Crippen molar-refractivity contribution in [3.63, 3.8) is 0 Å². The fraction of sp³-hybridized carbons (Fsp3) is 0.769. The lowest BCUT2D eigenvalue weighted by Crippen LogP contribution is -2.49. The first kappa shape index (κ1) is 18.8. The van der Waals surface area contributed by atoms with Gasteiger partial charge >= 0.3 is 5.97 Å². The molecule has 20 heavy (non-hydrogen) atoms. The van der Waals surface area contributed by atoms with Gasteiger partial charge in [0.1, 0.15) is 18.2 Å². The minimum absolute atomic E-state index is 0.138. The maximum Gasteiger partial charge on any atom is 0.326 e. The van der Waals surface area contributed by atoms with Gasteiger partial charge in [0.15, 0.2) is 0 Å². The second kappa shape index (κ2) is 8.14. The second-order valence-electron chi connectivity index (χ2n) is 5.49. The predicted octanol–water partition coefficient (Wildman–Crippen LogP) is 0.654. The number of thioether (sulfide) groups is 1. The summed E-state index contributed by atoms with van der Waals surface area (Å²) in [5.41, 5.74) is -0.586. The highest BCUT2D eigenvalue weighted by molar-refractivity contribution is 7.98. The van der Waals surface area contributed by atoms with Crippen LogP contribution in [-0.2, 0) is 19.1 Å². The molecule has 0 unspecified atom stereocenters. The Kier molecular flexibility index (Phi) is 7.63. The van der Waals surface area contributed by atoms with Crippen LogP contribution in [-0.4, -0.2) is 59.9 Å². The highest BCUT2D eigenvalue weighted by Gasteiger charge is 2.25. The van der Waals surface area contributed by atoms with E-state index in [2.05, 4.69) is 5.32 Å². The van der Waals surface area contributed by atoms with Crippen LogP contribution >= 0.6 is 11.8 Å². The molecule has 0 aromatic heterocycles. The lowest BCUT2D eigenvalue weighted by molar-refractivity contribution is -0.158. The molecule has 0 aliphatic carbocycles. The van der Waals surface area contributed by atoms with Crippen LogP contribution in [0.2, 0.25) is 0 Å². The maximum absolute atomic E-state index is 12.2. The summed E-state index contributed by atoms with van der Waals surface area (Å²) in [6, 6.07) is -0.630. The van der Waals surface area contributed by atoms with E-state index in [0.29, 0.717) is 5.75 Å². The number of carbonyl (C=O) groups is 3. The van der Waals surface area contributed by atoms with Gasteiger partial charge in [-0.05, 0) is 27.0 Å². The Labute approximate surface area is 124 Å². The van der Waals surface area contributed by atoms with E-state index in [1.54, 1.807) is 20.8 Å². The topological polar surface area (TPSA) is 75.7 Å². The number of amides is 2. The quantitative estimate of drug-likeness (QED) is 0.729. The molecule has 1 atom stereocenters. The number of hydrogen-bond acceptors (Lipinski definition) is 5. The molecule has 0 spiro atoms. The molecule has 116 valence electrons. The van der Waals surface area contributed by atoms with Gasteiger partial charge in [0, 0.05) is 19.7 Å². The summed E-state index contributed by atoms with van der Waals surface area (Å²) in [5.74, 6) is -0.598. The Morgan fingerprint density at radius 3 is 2.25 bits per heavy atom. The highest BCUT2D eigenvalue weighted by Crippen LogP contribution is 2.08. The van der Waals surface area contributed by atoms with Crippen LogP contribution in [0.15, 0.2) is 0 Å². The van der Waals surface area contributed by atoms with Gasteiger partial charge in [-0.15, -0.1) is 0 Å². The van der Waals surface area contributed by atoms with Crippen LogP contribution in [0.1, 0.15) is 27.7 Å². The first-order chi connectivity index (χ1) is 9.06. The first-order valence-electron chi connectivity index (χ1n) is 6.29. The van der Waals surface area contributed by atoms with Crippen LogP contribution in [0.5, 0.6) is 0 Å².